The lowest BCUT2D eigenvalue weighted by atomic mass is 10.3. The summed E-state index contributed by atoms with van der Waals surface area (Å²) in [5, 5.41) is 33.8. The molecule has 0 rings (SSSR count). The molecule has 0 fully saturated rings. The van der Waals surface area contributed by atoms with Crippen LogP contribution in [0.5, 0.6) is 0 Å². The summed E-state index contributed by atoms with van der Waals surface area (Å²) in [5.41, 5.74) is 26.3. The summed E-state index contributed by atoms with van der Waals surface area (Å²) in [6.45, 7) is 41.2. The van der Waals surface area contributed by atoms with Gasteiger partial charge in [-0.15, -0.1) is 0 Å². The van der Waals surface area contributed by atoms with Crippen molar-refractivity contribution >= 4 is 0 Å². The standard InChI is InChI=1S/2C8H20N2O.3C7H18N2O.3C7H17NO2.3C6H16N2O.2C6H15NO2.2C5H14N2O.C4H12N2O/c1-9(2)6-8(11-5)7-10(3)4;1-9(2)5-6-10(3)7-8-11-4;1-8-5-7(10-4)6-9(2)3;1-9(2)6-4-8-5-7-10-3;1-8-4-5-9(2)6-7-10-3;1-8(2)5-7(10-4)6-9-3;1-8(4-6-9-2)5-7-10-3;1-8(2)4-5-10-7-6-9-3;1-8(2)5-6(4-7)9-3;1-7-4-6(9-3)5-8-2;1-7-3-4-8-5-6-9-2;1-7-4-6(9-3)5-8-2;1-7-3-4-9-6-5-8-2;1-7-4-5(3-6)8-2;1-8-5-4-7-3-2-6;1-7-4(2-5)3-6/h8H,6-7H2,1-5H3;5-8H2,1-4H3;7-8H,5-6H2,1-4H3;2*8H,4-7H2,1-3H3;7H,5-6H2,1-4H3;2*4-7H2,1-3H3;6H,4-5,7H2,1-3H3;6-8H,4-5H2,1-3H3;7-8H,3-6H2,1-2H3;6-7H,4-5H2,1-3H3;7H,3-6H2,1-2H3;5,7H,3-4,6H2,1-2H3;7H,2-6H2,1H3;4H,2-3,5-6H2,1H3. The molecule has 0 aromatic carbocycles. The quantitative estimate of drug-likeness (QED) is 0.0256. The van der Waals surface area contributed by atoms with E-state index in [1.807, 2.05) is 113 Å². The van der Waals surface area contributed by atoms with Gasteiger partial charge in [-0.3, -0.25) is 0 Å². The molecule has 5 unspecified atom stereocenters. The van der Waals surface area contributed by atoms with Crippen molar-refractivity contribution < 1.29 is 99.5 Å². The third-order valence-electron chi connectivity index (χ3n) is 18.9. The molecule has 150 heavy (non-hydrogen) atoms. The average Bonchev–Trinajstić information content (AvgIpc) is 0.974. The number of rotatable bonds is 83. The summed E-state index contributed by atoms with van der Waals surface area (Å²) in [6.07, 6.45) is 1.68. The van der Waals surface area contributed by atoms with Crippen molar-refractivity contribution in [2.24, 2.45) is 28.7 Å². The number of methoxy groups -OCH3 is 19. The van der Waals surface area contributed by atoms with Crippen LogP contribution in [0.4, 0.5) is 0 Å². The minimum absolute atomic E-state index is 0.0417. The van der Waals surface area contributed by atoms with Crippen LogP contribution in [0.3, 0.4) is 0 Å². The van der Waals surface area contributed by atoms with E-state index in [9.17, 15) is 0 Å². The van der Waals surface area contributed by atoms with E-state index in [1.165, 1.54) is 0 Å². The second-order valence-corrected chi connectivity index (χ2v) is 35.6. The van der Waals surface area contributed by atoms with Crippen LogP contribution in [0, 0.1) is 0 Å². The highest BCUT2D eigenvalue weighted by molar-refractivity contribution is 4.67. The van der Waals surface area contributed by atoms with Crippen LogP contribution in [-0.4, -0.2) is 743 Å². The Kier molecular flexibility index (Phi) is 211. The van der Waals surface area contributed by atoms with Crippen molar-refractivity contribution in [3.63, 3.8) is 0 Å². The van der Waals surface area contributed by atoms with Gasteiger partial charge in [-0.2, -0.15) is 0 Å². The Bertz CT molecular complexity index is 1950. The Labute approximate surface area is 925 Å². The van der Waals surface area contributed by atoms with Crippen LogP contribution in [0.1, 0.15) is 0 Å². The number of nitrogens with two attached hydrogens (primary N) is 5. The average molecular weight is 2200 g/mol. The fourth-order valence-corrected chi connectivity index (χ4v) is 9.84. The third-order valence-corrected chi connectivity index (χ3v) is 18.9. The smallest absolute Gasteiger partial charge is 0.0930 e. The molecular formula is C102H263N27O21. The molecule has 0 aromatic heterocycles. The molecule has 0 saturated carbocycles. The minimum atomic E-state index is 0.0417. The molecule has 0 heterocycles. The molecule has 0 saturated heterocycles. The lowest BCUT2D eigenvalue weighted by Gasteiger charge is -2.22. The van der Waals surface area contributed by atoms with Gasteiger partial charge in [-0.05, 0) is 190 Å². The Balaban J connectivity index is -0.0000000913. The Hall–Kier alpha value is -1.92. The van der Waals surface area contributed by atoms with Gasteiger partial charge in [0.25, 0.3) is 0 Å². The van der Waals surface area contributed by atoms with E-state index in [-0.39, 0.29) is 30.5 Å². The highest BCUT2D eigenvalue weighted by Gasteiger charge is 2.12. The van der Waals surface area contributed by atoms with Crippen LogP contribution >= 0.6 is 0 Å². The lowest BCUT2D eigenvalue weighted by molar-refractivity contribution is 0.0142. The number of hydrogen-bond acceptors (Lipinski definition) is 48. The van der Waals surface area contributed by atoms with Gasteiger partial charge in [-0.25, -0.2) is 0 Å². The maximum Gasteiger partial charge on any atom is 0.0930 e. The molecule has 932 valence electrons. The zero-order valence-corrected chi connectivity index (χ0v) is 106. The summed E-state index contributed by atoms with van der Waals surface area (Å²) >= 11 is 0. The molecule has 0 aromatic rings. The van der Waals surface area contributed by atoms with Gasteiger partial charge in [0.15, 0.2) is 0 Å². The number of likely N-dealkylation sites (N-methyl/N-ethyl adjacent to an activating group) is 19. The first-order valence-electron chi connectivity index (χ1n) is 52.4. The van der Waals surface area contributed by atoms with Crippen molar-refractivity contribution in [3.05, 3.63) is 0 Å². The summed E-state index contributed by atoms with van der Waals surface area (Å²) in [5.74, 6) is 0. The molecule has 21 N–H and O–H groups in total. The third kappa shape index (κ3) is 217. The van der Waals surface area contributed by atoms with E-state index in [4.69, 9.17) is 128 Å². The summed E-state index contributed by atoms with van der Waals surface area (Å²) in [7, 11) is 86.6. The Morgan fingerprint density at radius 2 is 0.460 bits per heavy atom. The van der Waals surface area contributed by atoms with Gasteiger partial charge in [0.1, 0.15) is 0 Å². The lowest BCUT2D eigenvalue weighted by Crippen LogP contribution is -2.35. The zero-order valence-electron chi connectivity index (χ0n) is 106. The highest BCUT2D eigenvalue weighted by atomic mass is 16.5. The molecule has 0 spiro atoms. The first kappa shape index (κ1) is 184. The molecule has 0 aliphatic rings. The zero-order chi connectivity index (χ0) is 119. The Morgan fingerprint density at radius 3 is 0.740 bits per heavy atom. The topological polar surface area (TPSA) is 492 Å². The predicted molar refractivity (Wildman–Crippen MR) is 635 cm³/mol. The van der Waals surface area contributed by atoms with E-state index in [2.05, 4.69) is 190 Å². The normalized spacial score (nSPS) is 11.7. The molecule has 48 heteroatoms. The first-order chi connectivity index (χ1) is 71.6. The molecule has 0 aliphatic heterocycles. The highest BCUT2D eigenvalue weighted by Crippen LogP contribution is 1.97. The largest absolute Gasteiger partial charge is 0.383 e. The molecule has 48 nitrogen and oxygen atoms in total. The number of nitrogens with one attached hydrogen (secondary N) is 11. The monoisotopic (exact) mass is 2200 g/mol. The Morgan fingerprint density at radius 1 is 0.180 bits per heavy atom. The van der Waals surface area contributed by atoms with E-state index in [0.29, 0.717) is 90.7 Å². The SMILES string of the molecule is CNCC(CN(C)C)OC.CNCC(CN)OC.CNCC(CNC)OC.CNCC(COC)OC.CNCCN(C)CCOC.CNCCNCCOC.CNCCOCCOC.COC(CN(C)C)CN(C)C.COC(CN)CN.COC(CN)CN(C)C.COCC(CN(C)C)OC.COCCN(C)CCN(C)C.COCCN(C)CCOC.COCCNCCN.COCCNCCN(C)C.COCCOCCN(C)C. The predicted octanol–water partition coefficient (Wildman–Crippen LogP) is -4.35. The minimum Gasteiger partial charge on any atom is -0.383 e. The van der Waals surface area contributed by atoms with E-state index < -0.39 is 0 Å². The molecule has 5 atom stereocenters. The van der Waals surface area contributed by atoms with Crippen LogP contribution in [0.25, 0.3) is 0 Å². The van der Waals surface area contributed by atoms with Crippen molar-refractivity contribution in [1.82, 2.24) is 112 Å². The fourth-order valence-electron chi connectivity index (χ4n) is 9.84. The molecular weight excluding hydrogens is 1940 g/mol. The molecule has 0 amide bonds. The van der Waals surface area contributed by atoms with Crippen LogP contribution < -0.4 is 87.2 Å². The number of nitrogens with zero attached hydrogens (tertiary/aromatic N) is 11. The molecule has 0 bridgehead atoms. The van der Waals surface area contributed by atoms with E-state index in [0.717, 1.165) is 243 Å². The van der Waals surface area contributed by atoms with Gasteiger partial charge < -0.3 is 241 Å². The van der Waals surface area contributed by atoms with Crippen molar-refractivity contribution in [2.75, 3.05) is 640 Å². The van der Waals surface area contributed by atoms with E-state index >= 15 is 0 Å². The molecule has 0 radical (unpaired) electrons. The van der Waals surface area contributed by atoms with Crippen molar-refractivity contribution in [2.45, 2.75) is 48.8 Å². The van der Waals surface area contributed by atoms with Gasteiger partial charge in [0.2, 0.25) is 0 Å². The fraction of sp³-hybridized carbons (Fsp3) is 1.00. The summed E-state index contributed by atoms with van der Waals surface area (Å²) < 4.78 is 105. The van der Waals surface area contributed by atoms with Crippen molar-refractivity contribution in [1.29, 1.82) is 0 Å². The maximum absolute atomic E-state index is 5.38. The summed E-state index contributed by atoms with van der Waals surface area (Å²) in [4.78, 5) is 23.6. The van der Waals surface area contributed by atoms with Gasteiger partial charge in [0.05, 0.1) is 148 Å². The van der Waals surface area contributed by atoms with Gasteiger partial charge in [0, 0.05) is 351 Å². The van der Waals surface area contributed by atoms with Crippen molar-refractivity contribution in [3.8, 4) is 0 Å². The second-order valence-electron chi connectivity index (χ2n) is 35.6. The number of ether oxygens (including phenoxy) is 21. The van der Waals surface area contributed by atoms with Gasteiger partial charge in [-0.1, -0.05) is 0 Å². The second kappa shape index (κ2) is 172. The van der Waals surface area contributed by atoms with Crippen LogP contribution in [0.2, 0.25) is 0 Å². The number of hydrogen-bond donors (Lipinski definition) is 16. The van der Waals surface area contributed by atoms with Crippen LogP contribution in [-0.2, 0) is 99.5 Å². The summed E-state index contributed by atoms with van der Waals surface area (Å²) in [6, 6.07) is 0. The first-order valence-corrected chi connectivity index (χ1v) is 52.4. The maximum atomic E-state index is 5.38. The molecule has 0 aliphatic carbocycles. The van der Waals surface area contributed by atoms with Crippen LogP contribution in [0.15, 0.2) is 0 Å². The van der Waals surface area contributed by atoms with E-state index in [1.54, 1.807) is 135 Å². The van der Waals surface area contributed by atoms with Gasteiger partial charge >= 0.3 is 0 Å².